The molecule has 0 atom stereocenters. The molecule has 1 spiro atoms. The van der Waals surface area contributed by atoms with Crippen molar-refractivity contribution in [3.8, 4) is 0 Å². The highest BCUT2D eigenvalue weighted by atomic mass is 16.6. The Hall–Kier alpha value is -1.52. The summed E-state index contributed by atoms with van der Waals surface area (Å²) < 4.78 is 7.49. The number of carbonyl (C=O) groups is 1. The van der Waals surface area contributed by atoms with Gasteiger partial charge in [-0.25, -0.2) is 4.79 Å². The standard InChI is InChI=1S/C17H27N3O2/c1-12-13-6-7-17(14(13)18-19(12)5)8-10-20(11-9-17)15(21)22-16(2,3)4/h6-11H2,1-5H3. The van der Waals surface area contributed by atoms with Crippen LogP contribution < -0.4 is 0 Å². The fourth-order valence-electron chi connectivity index (χ4n) is 3.79. The predicted molar refractivity (Wildman–Crippen MR) is 85.0 cm³/mol. The fraction of sp³-hybridized carbons (Fsp3) is 0.765. The van der Waals surface area contributed by atoms with E-state index in [2.05, 4.69) is 6.92 Å². The molecule has 1 aromatic heterocycles. The Labute approximate surface area is 132 Å². The van der Waals surface area contributed by atoms with Crippen LogP contribution in [0.5, 0.6) is 0 Å². The third-order valence-corrected chi connectivity index (χ3v) is 5.19. The van der Waals surface area contributed by atoms with E-state index in [1.807, 2.05) is 37.4 Å². The zero-order valence-electron chi connectivity index (χ0n) is 14.4. The van der Waals surface area contributed by atoms with Crippen LogP contribution in [0.2, 0.25) is 0 Å². The molecule has 1 amide bonds. The van der Waals surface area contributed by atoms with Crippen LogP contribution in [-0.2, 0) is 23.6 Å². The molecular formula is C17H27N3O2. The number of fused-ring (bicyclic) bond motifs is 2. The van der Waals surface area contributed by atoms with Crippen LogP contribution in [-0.4, -0.2) is 39.5 Å². The Morgan fingerprint density at radius 1 is 1.23 bits per heavy atom. The number of likely N-dealkylation sites (tertiary alicyclic amines) is 1. The number of aromatic nitrogens is 2. The van der Waals surface area contributed by atoms with Gasteiger partial charge in [-0.05, 0) is 58.9 Å². The first-order valence-electron chi connectivity index (χ1n) is 8.23. The SMILES string of the molecule is Cc1c2c(nn1C)C1(CC2)CCN(C(=O)OC(C)(C)C)CC1. The number of aryl methyl sites for hydroxylation is 1. The summed E-state index contributed by atoms with van der Waals surface area (Å²) in [6.45, 7) is 9.43. The molecule has 0 radical (unpaired) electrons. The van der Waals surface area contributed by atoms with Crippen molar-refractivity contribution >= 4 is 6.09 Å². The van der Waals surface area contributed by atoms with E-state index in [1.165, 1.54) is 23.4 Å². The lowest BCUT2D eigenvalue weighted by Gasteiger charge is -2.39. The first kappa shape index (κ1) is 15.4. The Bertz CT molecular complexity index is 590. The minimum absolute atomic E-state index is 0.180. The van der Waals surface area contributed by atoms with Crippen LogP contribution in [0.15, 0.2) is 0 Å². The van der Waals surface area contributed by atoms with E-state index in [4.69, 9.17) is 9.84 Å². The van der Waals surface area contributed by atoms with Gasteiger partial charge in [0.15, 0.2) is 0 Å². The van der Waals surface area contributed by atoms with Crippen molar-refractivity contribution < 1.29 is 9.53 Å². The van der Waals surface area contributed by atoms with Crippen molar-refractivity contribution in [3.05, 3.63) is 17.0 Å². The van der Waals surface area contributed by atoms with Crippen LogP contribution in [0.4, 0.5) is 4.79 Å². The summed E-state index contributed by atoms with van der Waals surface area (Å²) in [4.78, 5) is 14.1. The molecule has 5 nitrogen and oxygen atoms in total. The summed E-state index contributed by atoms with van der Waals surface area (Å²) >= 11 is 0. The second-order valence-electron chi connectivity index (χ2n) is 7.78. The van der Waals surface area contributed by atoms with E-state index in [0.29, 0.717) is 0 Å². The summed E-state index contributed by atoms with van der Waals surface area (Å²) in [6.07, 6.45) is 4.11. The number of nitrogens with zero attached hydrogens (tertiary/aromatic N) is 3. The van der Waals surface area contributed by atoms with Gasteiger partial charge in [0.05, 0.1) is 5.69 Å². The van der Waals surface area contributed by atoms with Crippen molar-refractivity contribution in [1.82, 2.24) is 14.7 Å². The quantitative estimate of drug-likeness (QED) is 0.740. The summed E-state index contributed by atoms with van der Waals surface area (Å²) in [5.74, 6) is 0. The van der Waals surface area contributed by atoms with Crippen LogP contribution in [0.3, 0.4) is 0 Å². The Kier molecular flexibility index (Phi) is 3.49. The highest BCUT2D eigenvalue weighted by Gasteiger charge is 2.45. The van der Waals surface area contributed by atoms with E-state index >= 15 is 0 Å². The molecule has 22 heavy (non-hydrogen) atoms. The van der Waals surface area contributed by atoms with Gasteiger partial charge in [-0.2, -0.15) is 5.10 Å². The first-order chi connectivity index (χ1) is 10.2. The summed E-state index contributed by atoms with van der Waals surface area (Å²) in [7, 11) is 2.02. The van der Waals surface area contributed by atoms with Gasteiger partial charge < -0.3 is 9.64 Å². The van der Waals surface area contributed by atoms with Gasteiger partial charge in [0.25, 0.3) is 0 Å². The zero-order chi connectivity index (χ0) is 16.1. The molecule has 3 rings (SSSR count). The van der Waals surface area contributed by atoms with Crippen LogP contribution in [0.25, 0.3) is 0 Å². The van der Waals surface area contributed by atoms with E-state index in [9.17, 15) is 4.79 Å². The molecule has 1 aliphatic heterocycles. The highest BCUT2D eigenvalue weighted by Crippen LogP contribution is 2.46. The molecular weight excluding hydrogens is 278 g/mol. The van der Waals surface area contributed by atoms with E-state index < -0.39 is 5.60 Å². The normalized spacial score (nSPS) is 20.3. The van der Waals surface area contributed by atoms with Crippen LogP contribution >= 0.6 is 0 Å². The smallest absolute Gasteiger partial charge is 0.410 e. The third kappa shape index (κ3) is 2.50. The maximum atomic E-state index is 12.2. The maximum absolute atomic E-state index is 12.2. The number of hydrogen-bond donors (Lipinski definition) is 0. The molecule has 1 saturated heterocycles. The maximum Gasteiger partial charge on any atom is 0.410 e. The second kappa shape index (κ2) is 5.00. The predicted octanol–water partition coefficient (Wildman–Crippen LogP) is 2.94. The number of piperidine rings is 1. The number of rotatable bonds is 0. The molecule has 1 fully saturated rings. The van der Waals surface area contributed by atoms with Gasteiger partial charge >= 0.3 is 6.09 Å². The molecule has 0 aromatic carbocycles. The lowest BCUT2D eigenvalue weighted by molar-refractivity contribution is 0.0161. The Balaban J connectivity index is 1.71. The van der Waals surface area contributed by atoms with Crippen molar-refractivity contribution in [2.45, 2.75) is 64.4 Å². The Morgan fingerprint density at radius 2 is 1.86 bits per heavy atom. The fourth-order valence-corrected chi connectivity index (χ4v) is 3.79. The Morgan fingerprint density at radius 3 is 2.45 bits per heavy atom. The largest absolute Gasteiger partial charge is 0.444 e. The summed E-state index contributed by atoms with van der Waals surface area (Å²) in [5, 5.41) is 4.78. The van der Waals surface area contributed by atoms with Gasteiger partial charge in [-0.1, -0.05) is 0 Å². The molecule has 0 unspecified atom stereocenters. The van der Waals surface area contributed by atoms with Crippen molar-refractivity contribution in [3.63, 3.8) is 0 Å². The summed E-state index contributed by atoms with van der Waals surface area (Å²) in [5.41, 5.74) is 3.77. The molecule has 1 aromatic rings. The monoisotopic (exact) mass is 305 g/mol. The second-order valence-corrected chi connectivity index (χ2v) is 7.78. The minimum Gasteiger partial charge on any atom is -0.444 e. The lowest BCUT2D eigenvalue weighted by atomic mass is 9.76. The van der Waals surface area contributed by atoms with Crippen molar-refractivity contribution in [1.29, 1.82) is 0 Å². The van der Waals surface area contributed by atoms with Crippen LogP contribution in [0, 0.1) is 6.92 Å². The first-order valence-corrected chi connectivity index (χ1v) is 8.23. The number of hydrogen-bond acceptors (Lipinski definition) is 3. The average molecular weight is 305 g/mol. The zero-order valence-corrected chi connectivity index (χ0v) is 14.4. The van der Waals surface area contributed by atoms with Gasteiger partial charge in [0.2, 0.25) is 0 Å². The molecule has 1 aliphatic carbocycles. The van der Waals surface area contributed by atoms with E-state index in [0.717, 1.165) is 32.4 Å². The number of carbonyl (C=O) groups excluding carboxylic acids is 1. The molecule has 122 valence electrons. The van der Waals surface area contributed by atoms with Gasteiger partial charge in [-0.15, -0.1) is 0 Å². The topological polar surface area (TPSA) is 47.4 Å². The van der Waals surface area contributed by atoms with E-state index in [1.54, 1.807) is 0 Å². The molecule has 0 N–H and O–H groups in total. The van der Waals surface area contributed by atoms with Gasteiger partial charge in [-0.3, -0.25) is 4.68 Å². The van der Waals surface area contributed by atoms with Gasteiger partial charge in [0, 0.05) is 31.2 Å². The number of ether oxygens (including phenoxy) is 1. The van der Waals surface area contributed by atoms with Gasteiger partial charge in [0.1, 0.15) is 5.60 Å². The highest BCUT2D eigenvalue weighted by molar-refractivity contribution is 5.68. The van der Waals surface area contributed by atoms with Crippen molar-refractivity contribution in [2.24, 2.45) is 7.05 Å². The number of amides is 1. The van der Waals surface area contributed by atoms with Crippen LogP contribution in [0.1, 0.15) is 57.0 Å². The molecule has 2 heterocycles. The summed E-state index contributed by atoms with van der Waals surface area (Å²) in [6, 6.07) is 0. The minimum atomic E-state index is -0.426. The molecule has 5 heteroatoms. The molecule has 0 saturated carbocycles. The molecule has 0 bridgehead atoms. The molecule has 2 aliphatic rings. The third-order valence-electron chi connectivity index (χ3n) is 5.19. The average Bonchev–Trinajstić information content (AvgIpc) is 2.89. The lowest BCUT2D eigenvalue weighted by Crippen LogP contribution is -2.46. The van der Waals surface area contributed by atoms with E-state index in [-0.39, 0.29) is 11.5 Å². The van der Waals surface area contributed by atoms with Crippen molar-refractivity contribution in [2.75, 3.05) is 13.1 Å².